The molecule has 0 saturated carbocycles. The summed E-state index contributed by atoms with van der Waals surface area (Å²) in [6.45, 7) is 6.35. The zero-order valence-corrected chi connectivity index (χ0v) is 16.1. The molecule has 7 nitrogen and oxygen atoms in total. The number of hydrogen-bond acceptors (Lipinski definition) is 7. The molecular weight excluding hydrogens is 370 g/mol. The standard InChI is InChI=1S/C17H17N5O2S2/c1-4-22-14(13-5-7-24-10(13)2)20-21-17(22)26-11(3)15(23)19-16-12(9-18)6-8-25-16/h5-8,11H,4H2,1-3H3,(H,19,23)/t11-/m1/s1. The Labute approximate surface area is 159 Å². The number of aromatic nitrogens is 3. The highest BCUT2D eigenvalue weighted by molar-refractivity contribution is 8.00. The quantitative estimate of drug-likeness (QED) is 0.644. The summed E-state index contributed by atoms with van der Waals surface area (Å²) in [5.41, 5.74) is 1.36. The number of carbonyl (C=O) groups is 1. The SMILES string of the molecule is CCn1c(S[C@H](C)C(=O)Nc2sccc2C#N)nnc1-c1ccoc1C. The summed E-state index contributed by atoms with van der Waals surface area (Å²) in [6, 6.07) is 5.61. The molecule has 0 aliphatic carbocycles. The third-order valence-corrected chi connectivity index (χ3v) is 5.72. The fraction of sp³-hybridized carbons (Fsp3) is 0.294. The second-order valence-electron chi connectivity index (χ2n) is 5.47. The fourth-order valence-electron chi connectivity index (χ4n) is 2.40. The van der Waals surface area contributed by atoms with Gasteiger partial charge in [-0.25, -0.2) is 0 Å². The molecule has 1 N–H and O–H groups in total. The van der Waals surface area contributed by atoms with E-state index in [1.165, 1.54) is 23.1 Å². The molecule has 3 aromatic heterocycles. The maximum absolute atomic E-state index is 12.5. The van der Waals surface area contributed by atoms with Crippen LogP contribution in [0, 0.1) is 18.3 Å². The summed E-state index contributed by atoms with van der Waals surface area (Å²) in [6.07, 6.45) is 1.62. The van der Waals surface area contributed by atoms with Crippen molar-refractivity contribution < 1.29 is 9.21 Å². The van der Waals surface area contributed by atoms with E-state index in [2.05, 4.69) is 21.6 Å². The van der Waals surface area contributed by atoms with Gasteiger partial charge in [0.1, 0.15) is 16.8 Å². The fourth-order valence-corrected chi connectivity index (χ4v) is 4.05. The second kappa shape index (κ2) is 7.76. The summed E-state index contributed by atoms with van der Waals surface area (Å²) in [4.78, 5) is 12.5. The first-order valence-corrected chi connectivity index (χ1v) is 9.73. The normalized spacial score (nSPS) is 11.9. The molecule has 0 unspecified atom stereocenters. The average Bonchev–Trinajstić information content (AvgIpc) is 3.34. The lowest BCUT2D eigenvalue weighted by Crippen LogP contribution is -2.22. The molecule has 134 valence electrons. The van der Waals surface area contributed by atoms with E-state index in [9.17, 15) is 4.79 Å². The van der Waals surface area contributed by atoms with Gasteiger partial charge in [-0.15, -0.1) is 21.5 Å². The summed E-state index contributed by atoms with van der Waals surface area (Å²) >= 11 is 2.66. The topological polar surface area (TPSA) is 96.7 Å². The predicted octanol–water partition coefficient (Wildman–Crippen LogP) is 3.92. The number of thiophene rings is 1. The van der Waals surface area contributed by atoms with E-state index in [-0.39, 0.29) is 5.91 Å². The molecule has 0 bridgehead atoms. The Hall–Kier alpha value is -2.57. The molecule has 3 heterocycles. The van der Waals surface area contributed by atoms with Crippen LogP contribution in [0.3, 0.4) is 0 Å². The highest BCUT2D eigenvalue weighted by Crippen LogP contribution is 2.30. The van der Waals surface area contributed by atoms with Crippen LogP contribution in [0.1, 0.15) is 25.2 Å². The van der Waals surface area contributed by atoms with Crippen LogP contribution in [0.25, 0.3) is 11.4 Å². The van der Waals surface area contributed by atoms with E-state index < -0.39 is 5.25 Å². The Morgan fingerprint density at radius 3 is 2.96 bits per heavy atom. The molecule has 1 amide bonds. The Morgan fingerprint density at radius 2 is 2.31 bits per heavy atom. The first kappa shape index (κ1) is 18.2. The minimum Gasteiger partial charge on any atom is -0.469 e. The van der Waals surface area contributed by atoms with Crippen molar-refractivity contribution in [1.82, 2.24) is 14.8 Å². The van der Waals surface area contributed by atoms with Gasteiger partial charge in [0.25, 0.3) is 0 Å². The monoisotopic (exact) mass is 387 g/mol. The number of furan rings is 1. The largest absolute Gasteiger partial charge is 0.469 e. The van der Waals surface area contributed by atoms with Gasteiger partial charge < -0.3 is 14.3 Å². The molecule has 3 aromatic rings. The first-order valence-electron chi connectivity index (χ1n) is 7.98. The van der Waals surface area contributed by atoms with Gasteiger partial charge in [0.05, 0.1) is 22.6 Å². The van der Waals surface area contributed by atoms with Gasteiger partial charge >= 0.3 is 0 Å². The van der Waals surface area contributed by atoms with E-state index in [4.69, 9.17) is 9.68 Å². The maximum Gasteiger partial charge on any atom is 0.238 e. The van der Waals surface area contributed by atoms with Crippen LogP contribution in [-0.4, -0.2) is 25.9 Å². The van der Waals surface area contributed by atoms with Gasteiger partial charge in [-0.05, 0) is 38.3 Å². The van der Waals surface area contributed by atoms with Crippen LogP contribution < -0.4 is 5.32 Å². The van der Waals surface area contributed by atoms with Gasteiger partial charge in [0.2, 0.25) is 5.91 Å². The van der Waals surface area contributed by atoms with Gasteiger partial charge in [-0.1, -0.05) is 11.8 Å². The van der Waals surface area contributed by atoms with Crippen molar-refractivity contribution in [3.63, 3.8) is 0 Å². The van der Waals surface area contributed by atoms with E-state index in [0.29, 0.717) is 22.3 Å². The molecule has 0 spiro atoms. The molecule has 0 fully saturated rings. The van der Waals surface area contributed by atoms with Gasteiger partial charge in [-0.2, -0.15) is 5.26 Å². The van der Waals surface area contributed by atoms with Crippen molar-refractivity contribution in [3.05, 3.63) is 35.1 Å². The number of aryl methyl sites for hydroxylation is 1. The molecule has 1 atom stereocenters. The average molecular weight is 387 g/mol. The molecule has 9 heteroatoms. The zero-order valence-electron chi connectivity index (χ0n) is 14.5. The number of thioether (sulfide) groups is 1. The van der Waals surface area contributed by atoms with Crippen LogP contribution in [0.5, 0.6) is 0 Å². The number of amides is 1. The van der Waals surface area contributed by atoms with Crippen molar-refractivity contribution >= 4 is 34.0 Å². The molecule has 0 radical (unpaired) electrons. The van der Waals surface area contributed by atoms with Crippen LogP contribution in [0.4, 0.5) is 5.00 Å². The Balaban J connectivity index is 1.76. The number of anilines is 1. The third-order valence-electron chi connectivity index (χ3n) is 3.81. The van der Waals surface area contributed by atoms with Crippen molar-refractivity contribution in [2.45, 2.75) is 37.7 Å². The van der Waals surface area contributed by atoms with E-state index >= 15 is 0 Å². The van der Waals surface area contributed by atoms with Crippen molar-refractivity contribution in [2.75, 3.05) is 5.32 Å². The Kier molecular flexibility index (Phi) is 5.44. The minimum atomic E-state index is -0.392. The lowest BCUT2D eigenvalue weighted by molar-refractivity contribution is -0.115. The van der Waals surface area contributed by atoms with Gasteiger partial charge in [0.15, 0.2) is 11.0 Å². The molecule has 0 aliphatic rings. The van der Waals surface area contributed by atoms with Crippen LogP contribution in [0.2, 0.25) is 0 Å². The zero-order chi connectivity index (χ0) is 18.7. The van der Waals surface area contributed by atoms with Crippen molar-refractivity contribution in [1.29, 1.82) is 5.26 Å². The molecular formula is C17H17N5O2S2. The van der Waals surface area contributed by atoms with E-state index in [1.807, 2.05) is 24.5 Å². The van der Waals surface area contributed by atoms with Gasteiger partial charge in [0, 0.05) is 6.54 Å². The van der Waals surface area contributed by atoms with Crippen molar-refractivity contribution in [2.24, 2.45) is 0 Å². The van der Waals surface area contributed by atoms with E-state index in [0.717, 1.165) is 17.1 Å². The third kappa shape index (κ3) is 3.52. The summed E-state index contributed by atoms with van der Waals surface area (Å²) < 4.78 is 7.31. The molecule has 26 heavy (non-hydrogen) atoms. The summed E-state index contributed by atoms with van der Waals surface area (Å²) in [5, 5.41) is 23.0. The van der Waals surface area contributed by atoms with Gasteiger partial charge in [-0.3, -0.25) is 4.79 Å². The van der Waals surface area contributed by atoms with E-state index in [1.54, 1.807) is 24.6 Å². The minimum absolute atomic E-state index is 0.180. The summed E-state index contributed by atoms with van der Waals surface area (Å²) in [5.74, 6) is 1.32. The number of rotatable bonds is 6. The van der Waals surface area contributed by atoms with Crippen LogP contribution in [0.15, 0.2) is 33.3 Å². The molecule has 0 aliphatic heterocycles. The second-order valence-corrected chi connectivity index (χ2v) is 7.69. The number of carbonyl (C=O) groups excluding carboxylic acids is 1. The molecule has 0 saturated heterocycles. The summed E-state index contributed by atoms with van der Waals surface area (Å²) in [7, 11) is 0. The van der Waals surface area contributed by atoms with Crippen LogP contribution in [-0.2, 0) is 11.3 Å². The maximum atomic E-state index is 12.5. The smallest absolute Gasteiger partial charge is 0.238 e. The lowest BCUT2D eigenvalue weighted by atomic mass is 10.2. The first-order chi connectivity index (χ1) is 12.5. The Bertz CT molecular complexity index is 966. The molecule has 3 rings (SSSR count). The van der Waals surface area contributed by atoms with Crippen LogP contribution >= 0.6 is 23.1 Å². The number of hydrogen-bond donors (Lipinski definition) is 1. The number of nitrogens with zero attached hydrogens (tertiary/aromatic N) is 4. The van der Waals surface area contributed by atoms with Crippen molar-refractivity contribution in [3.8, 4) is 17.5 Å². The highest BCUT2D eigenvalue weighted by atomic mass is 32.2. The highest BCUT2D eigenvalue weighted by Gasteiger charge is 2.22. The number of nitriles is 1. The predicted molar refractivity (Wildman–Crippen MR) is 101 cm³/mol. The number of nitrogens with one attached hydrogen (secondary N) is 1. The lowest BCUT2D eigenvalue weighted by Gasteiger charge is -2.12. The molecule has 0 aromatic carbocycles. The Morgan fingerprint density at radius 1 is 1.50 bits per heavy atom.